The molecule has 87 heavy (non-hydrogen) atoms. The summed E-state index contributed by atoms with van der Waals surface area (Å²) in [4.78, 5) is 30.8. The second-order valence-electron chi connectivity index (χ2n) is 27.0. The fourth-order valence-electron chi connectivity index (χ4n) is 12.6. The molecule has 0 aromatic carbocycles. The van der Waals surface area contributed by atoms with Crippen LogP contribution in [0.3, 0.4) is 0 Å². The quantitative estimate of drug-likeness (QED) is 0.0401. The third-order valence-corrected chi connectivity index (χ3v) is 18.4. The average Bonchev–Trinajstić information content (AvgIpc) is 4.22. The summed E-state index contributed by atoms with van der Waals surface area (Å²) in [5, 5.41) is 0. The minimum atomic E-state index is -0.167. The highest BCUT2D eigenvalue weighted by Gasteiger charge is 2.20. The predicted octanol–water partition coefficient (Wildman–Crippen LogP) is 27.6. The molecule has 5 nitrogen and oxygen atoms in total. The highest BCUT2D eigenvalue weighted by atomic mass is 16.5. The molecule has 506 valence electrons. The number of aromatic amines is 1. The van der Waals surface area contributed by atoms with E-state index in [2.05, 4.69) is 81.3 Å². The van der Waals surface area contributed by atoms with Crippen molar-refractivity contribution in [1.29, 1.82) is 0 Å². The van der Waals surface area contributed by atoms with Crippen molar-refractivity contribution in [3.8, 4) is 0 Å². The standard InChI is InChI=1S/C82H149NO4/c1-5-9-13-17-21-25-29-33-37-41-45-49-53-57-61-65-69-79(70-66-62-58-54-50-46-42-38-34-30-26-22-18-14-10-6-2)86-81(84)73-77-75-83-76-78(77)74-82(85)87-80(71-67-63-59-55-51-47-43-39-35-31-27-23-19-15-11-7-3)72-68-64-60-56-52-48-44-40-36-32-28-24-20-16-12-8-4/h21-22,25-26,33-34,37-38,75-76,79-80,83H,5-20,23-24,27-32,35-36,39-74H2,1-4H3/b25-21-,26-22-,37-33-,38-34-. The smallest absolute Gasteiger partial charge is 0.310 e. The van der Waals surface area contributed by atoms with Crippen molar-refractivity contribution in [2.24, 2.45) is 0 Å². The number of H-pyrrole nitrogens is 1. The Kier molecular flexibility index (Phi) is 65.3. The third-order valence-electron chi connectivity index (χ3n) is 18.4. The van der Waals surface area contributed by atoms with E-state index in [1.165, 1.54) is 321 Å². The van der Waals surface area contributed by atoms with Gasteiger partial charge in [0, 0.05) is 12.4 Å². The first kappa shape index (κ1) is 82.2. The Bertz CT molecular complexity index is 1590. The van der Waals surface area contributed by atoms with Crippen LogP contribution in [-0.2, 0) is 31.9 Å². The zero-order valence-corrected chi connectivity index (χ0v) is 58.9. The Morgan fingerprint density at radius 1 is 0.287 bits per heavy atom. The molecular weight excluding hydrogens is 1060 g/mol. The van der Waals surface area contributed by atoms with Crippen LogP contribution in [0, 0.1) is 0 Å². The summed E-state index contributed by atoms with van der Waals surface area (Å²) in [7, 11) is 0. The summed E-state index contributed by atoms with van der Waals surface area (Å²) in [6.07, 6.45) is 99.8. The Morgan fingerprint density at radius 3 is 0.724 bits per heavy atom. The Hall–Kier alpha value is -2.82. The monoisotopic (exact) mass is 1210 g/mol. The molecule has 0 saturated carbocycles. The van der Waals surface area contributed by atoms with Crippen LogP contribution in [0.5, 0.6) is 0 Å². The van der Waals surface area contributed by atoms with Crippen LogP contribution in [-0.4, -0.2) is 29.1 Å². The molecule has 1 N–H and O–H groups in total. The largest absolute Gasteiger partial charge is 0.462 e. The van der Waals surface area contributed by atoms with Gasteiger partial charge in [0.1, 0.15) is 12.2 Å². The number of carbonyl (C=O) groups is 2. The van der Waals surface area contributed by atoms with Crippen LogP contribution in [0.2, 0.25) is 0 Å². The van der Waals surface area contributed by atoms with E-state index < -0.39 is 0 Å². The van der Waals surface area contributed by atoms with Crippen LogP contribution in [0.1, 0.15) is 424 Å². The van der Waals surface area contributed by atoms with E-state index in [-0.39, 0.29) is 37.0 Å². The summed E-state index contributed by atoms with van der Waals surface area (Å²) >= 11 is 0. The highest BCUT2D eigenvalue weighted by molar-refractivity contribution is 5.76. The van der Waals surface area contributed by atoms with Gasteiger partial charge in [-0.15, -0.1) is 0 Å². The Balaban J connectivity index is 2.69. The second-order valence-corrected chi connectivity index (χ2v) is 27.0. The van der Waals surface area contributed by atoms with E-state index in [9.17, 15) is 9.59 Å². The normalized spacial score (nSPS) is 12.1. The number of aromatic nitrogens is 1. The van der Waals surface area contributed by atoms with Gasteiger partial charge in [0.25, 0.3) is 0 Å². The molecule has 1 heterocycles. The zero-order valence-electron chi connectivity index (χ0n) is 58.9. The molecule has 0 bridgehead atoms. The third kappa shape index (κ3) is 60.5. The van der Waals surface area contributed by atoms with Gasteiger partial charge in [0.15, 0.2) is 0 Å². The molecule has 0 aliphatic carbocycles. The molecular formula is C82H149NO4. The lowest BCUT2D eigenvalue weighted by Crippen LogP contribution is -2.21. The minimum Gasteiger partial charge on any atom is -0.462 e. The number of hydrogen-bond donors (Lipinski definition) is 1. The van der Waals surface area contributed by atoms with Gasteiger partial charge in [0.2, 0.25) is 0 Å². The van der Waals surface area contributed by atoms with Gasteiger partial charge >= 0.3 is 11.9 Å². The maximum absolute atomic E-state index is 13.8. The molecule has 0 atom stereocenters. The molecule has 1 aromatic heterocycles. The van der Waals surface area contributed by atoms with E-state index in [1.807, 2.05) is 12.4 Å². The van der Waals surface area contributed by atoms with E-state index >= 15 is 0 Å². The maximum Gasteiger partial charge on any atom is 0.310 e. The molecule has 5 heteroatoms. The Labute approximate surface area is 543 Å². The first-order valence-corrected chi connectivity index (χ1v) is 39.2. The number of esters is 2. The number of unbranched alkanes of at least 4 members (excludes halogenated alkanes) is 48. The minimum absolute atomic E-state index is 0.0250. The van der Waals surface area contributed by atoms with Crippen LogP contribution < -0.4 is 0 Å². The topological polar surface area (TPSA) is 68.4 Å². The molecule has 0 aliphatic heterocycles. The maximum atomic E-state index is 13.8. The number of carbonyl (C=O) groups excluding carboxylic acids is 2. The lowest BCUT2D eigenvalue weighted by molar-refractivity contribution is -0.150. The fourth-order valence-corrected chi connectivity index (χ4v) is 12.6. The van der Waals surface area contributed by atoms with Gasteiger partial charge in [0.05, 0.1) is 12.8 Å². The van der Waals surface area contributed by atoms with Gasteiger partial charge < -0.3 is 14.5 Å². The summed E-state index contributed by atoms with van der Waals surface area (Å²) in [6, 6.07) is 0. The molecule has 1 aromatic rings. The lowest BCUT2D eigenvalue weighted by Gasteiger charge is -2.19. The van der Waals surface area contributed by atoms with Crippen molar-refractivity contribution < 1.29 is 19.1 Å². The van der Waals surface area contributed by atoms with E-state index in [0.29, 0.717) is 0 Å². The number of ether oxygens (including phenoxy) is 2. The highest BCUT2D eigenvalue weighted by Crippen LogP contribution is 2.23. The van der Waals surface area contributed by atoms with Crippen molar-refractivity contribution in [3.63, 3.8) is 0 Å². The van der Waals surface area contributed by atoms with E-state index in [0.717, 1.165) is 75.3 Å². The molecule has 0 unspecified atom stereocenters. The summed E-state index contributed by atoms with van der Waals surface area (Å²) in [6.45, 7) is 9.13. The van der Waals surface area contributed by atoms with Crippen LogP contribution in [0.4, 0.5) is 0 Å². The lowest BCUT2D eigenvalue weighted by atomic mass is 10.0. The first-order chi connectivity index (χ1) is 43.0. The fraction of sp³-hybridized carbons (Fsp3) is 0.829. The van der Waals surface area contributed by atoms with Crippen molar-refractivity contribution in [3.05, 3.63) is 72.1 Å². The van der Waals surface area contributed by atoms with Crippen molar-refractivity contribution in [2.45, 2.75) is 438 Å². The number of hydrogen-bond acceptors (Lipinski definition) is 4. The van der Waals surface area contributed by atoms with Crippen LogP contribution in [0.25, 0.3) is 0 Å². The van der Waals surface area contributed by atoms with Gasteiger partial charge in [-0.25, -0.2) is 0 Å². The van der Waals surface area contributed by atoms with Crippen molar-refractivity contribution in [1.82, 2.24) is 4.98 Å². The number of nitrogens with one attached hydrogen (secondary N) is 1. The molecule has 0 amide bonds. The predicted molar refractivity (Wildman–Crippen MR) is 384 cm³/mol. The molecule has 0 fully saturated rings. The average molecular weight is 1210 g/mol. The van der Waals surface area contributed by atoms with E-state index in [1.54, 1.807) is 0 Å². The molecule has 0 saturated heterocycles. The summed E-state index contributed by atoms with van der Waals surface area (Å²) in [5.74, 6) is -0.325. The molecule has 0 aliphatic rings. The van der Waals surface area contributed by atoms with E-state index in [4.69, 9.17) is 9.47 Å². The van der Waals surface area contributed by atoms with Gasteiger partial charge in [-0.2, -0.15) is 0 Å². The second kappa shape index (κ2) is 69.1. The van der Waals surface area contributed by atoms with Crippen molar-refractivity contribution >= 4 is 11.9 Å². The molecule has 0 radical (unpaired) electrons. The summed E-state index contributed by atoms with van der Waals surface area (Å²) in [5.41, 5.74) is 1.73. The van der Waals surface area contributed by atoms with Gasteiger partial charge in [-0.3, -0.25) is 9.59 Å². The molecule has 0 spiro atoms. The van der Waals surface area contributed by atoms with Gasteiger partial charge in [-0.1, -0.05) is 346 Å². The Morgan fingerprint density at radius 2 is 0.483 bits per heavy atom. The van der Waals surface area contributed by atoms with Crippen LogP contribution in [0.15, 0.2) is 61.0 Å². The zero-order chi connectivity index (χ0) is 62.5. The van der Waals surface area contributed by atoms with Crippen molar-refractivity contribution in [2.75, 3.05) is 0 Å². The van der Waals surface area contributed by atoms with Crippen LogP contribution >= 0.6 is 0 Å². The number of allylic oxidation sites excluding steroid dienone is 8. The molecule has 1 rings (SSSR count). The SMILES string of the molecule is CCCCC/C=C\C/C=C\CCCCCCCCC(CCCCCCCC/C=C\C/C=C\CCCCC)OC(=O)Cc1c[nH]cc1CC(=O)OC(CCCCCCCCCCCCCCCCCC)CCCCCCCCCCCCCCCCCC. The number of rotatable bonds is 70. The first-order valence-electron chi connectivity index (χ1n) is 39.2. The summed E-state index contributed by atoms with van der Waals surface area (Å²) < 4.78 is 12.7. The van der Waals surface area contributed by atoms with Gasteiger partial charge in [-0.05, 0) is 127 Å².